The van der Waals surface area contributed by atoms with Gasteiger partial charge in [0.1, 0.15) is 5.60 Å². The number of methoxy groups -OCH3 is 1. The van der Waals surface area contributed by atoms with Crippen LogP contribution in [0.15, 0.2) is 23.2 Å². The summed E-state index contributed by atoms with van der Waals surface area (Å²) in [5.41, 5.74) is -0.456. The minimum Gasteiger partial charge on any atom is -0.504 e. The number of rotatable bonds is 7. The minimum absolute atomic E-state index is 0.0801. The topological polar surface area (TPSA) is 104 Å². The zero-order valence-corrected chi connectivity index (χ0v) is 18.0. The molecule has 0 saturated carbocycles. The van der Waals surface area contributed by atoms with E-state index in [4.69, 9.17) is 9.47 Å². The molecule has 0 radical (unpaired) electrons. The largest absolute Gasteiger partial charge is 0.504 e. The van der Waals surface area contributed by atoms with Crippen LogP contribution in [-0.2, 0) is 11.3 Å². The molecule has 8 heteroatoms. The SMILES string of the molecule is CCNC(=NCc1cccc(OC)c1O)NCC(C)(C)NC(=O)OC(C)(C)C. The standard InChI is InChI=1S/C20H34N4O4/c1-8-21-17(22-12-14-10-9-11-15(27-7)16(14)25)23-13-20(5,6)24-18(26)28-19(2,3)4/h9-11,25H,8,12-13H2,1-7H3,(H,24,26)(H2,21,22,23). The predicted molar refractivity (Wildman–Crippen MR) is 111 cm³/mol. The third kappa shape index (κ3) is 8.37. The van der Waals surface area contributed by atoms with Crippen LogP contribution in [0.3, 0.4) is 0 Å². The number of para-hydroxylation sites is 1. The van der Waals surface area contributed by atoms with Gasteiger partial charge in [-0.25, -0.2) is 9.79 Å². The maximum absolute atomic E-state index is 12.0. The maximum Gasteiger partial charge on any atom is 0.408 e. The monoisotopic (exact) mass is 394 g/mol. The molecule has 0 aliphatic carbocycles. The Labute approximate surface area is 167 Å². The van der Waals surface area contributed by atoms with Crippen molar-refractivity contribution in [2.75, 3.05) is 20.2 Å². The molecule has 1 rings (SSSR count). The summed E-state index contributed by atoms with van der Waals surface area (Å²) in [6.45, 7) is 12.6. The van der Waals surface area contributed by atoms with E-state index in [1.165, 1.54) is 7.11 Å². The Hall–Kier alpha value is -2.64. The van der Waals surface area contributed by atoms with Crippen molar-refractivity contribution in [2.24, 2.45) is 4.99 Å². The molecule has 0 aliphatic rings. The van der Waals surface area contributed by atoms with Gasteiger partial charge in [0.25, 0.3) is 0 Å². The van der Waals surface area contributed by atoms with E-state index in [0.717, 1.165) is 0 Å². The maximum atomic E-state index is 12.0. The lowest BCUT2D eigenvalue weighted by atomic mass is 10.1. The third-order valence-electron chi connectivity index (χ3n) is 3.59. The van der Waals surface area contributed by atoms with Crippen LogP contribution in [0.25, 0.3) is 0 Å². The molecule has 0 spiro atoms. The Morgan fingerprint density at radius 3 is 2.43 bits per heavy atom. The van der Waals surface area contributed by atoms with Crippen molar-refractivity contribution in [1.29, 1.82) is 0 Å². The number of benzene rings is 1. The first-order valence-corrected chi connectivity index (χ1v) is 9.35. The molecular weight excluding hydrogens is 360 g/mol. The average Bonchev–Trinajstić information content (AvgIpc) is 2.56. The molecule has 0 atom stereocenters. The molecule has 0 unspecified atom stereocenters. The van der Waals surface area contributed by atoms with Gasteiger partial charge < -0.3 is 30.5 Å². The van der Waals surface area contributed by atoms with Crippen LogP contribution in [0.2, 0.25) is 0 Å². The van der Waals surface area contributed by atoms with Crippen molar-refractivity contribution in [3.63, 3.8) is 0 Å². The number of ether oxygens (including phenoxy) is 2. The van der Waals surface area contributed by atoms with E-state index < -0.39 is 17.2 Å². The number of nitrogens with zero attached hydrogens (tertiary/aromatic N) is 1. The van der Waals surface area contributed by atoms with Crippen LogP contribution in [0, 0.1) is 0 Å². The molecule has 0 aliphatic heterocycles. The molecule has 28 heavy (non-hydrogen) atoms. The van der Waals surface area contributed by atoms with Gasteiger partial charge >= 0.3 is 6.09 Å². The lowest BCUT2D eigenvalue weighted by Gasteiger charge is -2.29. The highest BCUT2D eigenvalue weighted by Crippen LogP contribution is 2.29. The number of amides is 1. The molecular formula is C20H34N4O4. The van der Waals surface area contributed by atoms with Crippen molar-refractivity contribution in [2.45, 2.75) is 59.2 Å². The molecule has 0 fully saturated rings. The molecule has 0 aromatic heterocycles. The van der Waals surface area contributed by atoms with Crippen molar-refractivity contribution >= 4 is 12.1 Å². The first-order chi connectivity index (χ1) is 13.0. The van der Waals surface area contributed by atoms with Crippen LogP contribution in [0.1, 0.15) is 47.1 Å². The molecule has 1 aromatic carbocycles. The van der Waals surface area contributed by atoms with Gasteiger partial charge in [-0.1, -0.05) is 12.1 Å². The second-order valence-electron chi connectivity index (χ2n) is 8.03. The number of alkyl carbamates (subject to hydrolysis) is 1. The normalized spacial score (nSPS) is 12.3. The zero-order chi connectivity index (χ0) is 21.4. The van der Waals surface area contributed by atoms with Gasteiger partial charge in [0, 0.05) is 18.7 Å². The molecule has 8 nitrogen and oxygen atoms in total. The Balaban J connectivity index is 2.74. The summed E-state index contributed by atoms with van der Waals surface area (Å²) in [6, 6.07) is 5.29. The fourth-order valence-corrected chi connectivity index (χ4v) is 2.29. The van der Waals surface area contributed by atoms with Crippen molar-refractivity contribution < 1.29 is 19.4 Å². The average molecular weight is 395 g/mol. The third-order valence-corrected chi connectivity index (χ3v) is 3.59. The summed E-state index contributed by atoms with van der Waals surface area (Å²) < 4.78 is 10.4. The van der Waals surface area contributed by atoms with E-state index in [9.17, 15) is 9.90 Å². The smallest absolute Gasteiger partial charge is 0.408 e. The molecule has 0 saturated heterocycles. The molecule has 4 N–H and O–H groups in total. The lowest BCUT2D eigenvalue weighted by Crippen LogP contribution is -2.54. The van der Waals surface area contributed by atoms with Gasteiger partial charge in [-0.15, -0.1) is 0 Å². The summed E-state index contributed by atoms with van der Waals surface area (Å²) in [5.74, 6) is 1.06. The Bertz CT molecular complexity index is 681. The number of phenols is 1. The number of aromatic hydroxyl groups is 1. The number of nitrogens with one attached hydrogen (secondary N) is 3. The lowest BCUT2D eigenvalue weighted by molar-refractivity contribution is 0.0474. The van der Waals surface area contributed by atoms with Gasteiger partial charge in [0.15, 0.2) is 17.5 Å². The zero-order valence-electron chi connectivity index (χ0n) is 18.0. The number of carbonyl (C=O) groups is 1. The van der Waals surface area contributed by atoms with E-state index >= 15 is 0 Å². The molecule has 0 heterocycles. The summed E-state index contributed by atoms with van der Waals surface area (Å²) in [5, 5.41) is 19.4. The summed E-state index contributed by atoms with van der Waals surface area (Å²) in [6.07, 6.45) is -0.470. The first-order valence-electron chi connectivity index (χ1n) is 9.35. The van der Waals surface area contributed by atoms with Gasteiger partial charge in [-0.3, -0.25) is 0 Å². The van der Waals surface area contributed by atoms with E-state index in [1.54, 1.807) is 18.2 Å². The highest BCUT2D eigenvalue weighted by atomic mass is 16.6. The first kappa shape index (κ1) is 23.4. The van der Waals surface area contributed by atoms with Crippen molar-refractivity contribution in [3.8, 4) is 11.5 Å². The number of carbonyl (C=O) groups excluding carboxylic acids is 1. The summed E-state index contributed by atoms with van der Waals surface area (Å²) >= 11 is 0. The fraction of sp³-hybridized carbons (Fsp3) is 0.600. The van der Waals surface area contributed by atoms with E-state index in [0.29, 0.717) is 30.4 Å². The van der Waals surface area contributed by atoms with Gasteiger partial charge in [-0.05, 0) is 47.6 Å². The summed E-state index contributed by atoms with van der Waals surface area (Å²) in [7, 11) is 1.51. The van der Waals surface area contributed by atoms with E-state index in [1.807, 2.05) is 41.5 Å². The molecule has 1 amide bonds. The Morgan fingerprint density at radius 1 is 1.18 bits per heavy atom. The van der Waals surface area contributed by atoms with Gasteiger partial charge in [0.05, 0.1) is 19.2 Å². The van der Waals surface area contributed by atoms with Crippen molar-refractivity contribution in [1.82, 2.24) is 16.0 Å². The van der Waals surface area contributed by atoms with E-state index in [-0.39, 0.29) is 12.3 Å². The predicted octanol–water partition coefficient (Wildman–Crippen LogP) is 2.76. The van der Waals surface area contributed by atoms with Crippen LogP contribution in [0.4, 0.5) is 4.79 Å². The Kier molecular flexibility index (Phi) is 8.40. The summed E-state index contributed by atoms with van der Waals surface area (Å²) in [4.78, 5) is 16.5. The Morgan fingerprint density at radius 2 is 1.86 bits per heavy atom. The highest BCUT2D eigenvalue weighted by molar-refractivity contribution is 5.80. The van der Waals surface area contributed by atoms with Gasteiger partial charge in [0.2, 0.25) is 0 Å². The molecule has 158 valence electrons. The van der Waals surface area contributed by atoms with Gasteiger partial charge in [-0.2, -0.15) is 0 Å². The van der Waals surface area contributed by atoms with Crippen molar-refractivity contribution in [3.05, 3.63) is 23.8 Å². The number of hydrogen-bond donors (Lipinski definition) is 4. The molecule has 1 aromatic rings. The second kappa shape index (κ2) is 10.1. The number of phenolic OH excluding ortho intramolecular Hbond substituents is 1. The van der Waals surface area contributed by atoms with Crippen LogP contribution in [-0.4, -0.2) is 48.5 Å². The number of guanidine groups is 1. The number of hydrogen-bond acceptors (Lipinski definition) is 5. The number of aliphatic imine (C=N–C) groups is 1. The quantitative estimate of drug-likeness (QED) is 0.419. The van der Waals surface area contributed by atoms with Crippen LogP contribution < -0.4 is 20.7 Å². The minimum atomic E-state index is -0.559. The highest BCUT2D eigenvalue weighted by Gasteiger charge is 2.24. The molecule has 0 bridgehead atoms. The second-order valence-corrected chi connectivity index (χ2v) is 8.03. The van der Waals surface area contributed by atoms with Crippen LogP contribution in [0.5, 0.6) is 11.5 Å². The van der Waals surface area contributed by atoms with E-state index in [2.05, 4.69) is 20.9 Å². The van der Waals surface area contributed by atoms with Crippen LogP contribution >= 0.6 is 0 Å². The fourth-order valence-electron chi connectivity index (χ4n) is 2.29.